The number of nitrogens with zero attached hydrogens (tertiary/aromatic N) is 2. The quantitative estimate of drug-likeness (QED) is 0.897. The van der Waals surface area contributed by atoms with E-state index in [1.807, 2.05) is 0 Å². The lowest BCUT2D eigenvalue weighted by Gasteiger charge is -2.47. The predicted molar refractivity (Wildman–Crippen MR) is 79.6 cm³/mol. The van der Waals surface area contributed by atoms with Crippen LogP contribution in [0.5, 0.6) is 0 Å². The van der Waals surface area contributed by atoms with Crippen LogP contribution < -0.4 is 5.32 Å². The molecule has 3 heterocycles. The molecule has 2 saturated heterocycles. The first-order chi connectivity index (χ1) is 9.54. The van der Waals surface area contributed by atoms with Crippen molar-refractivity contribution in [1.82, 2.24) is 9.88 Å². The number of aromatic carboxylic acids is 1. The Labute approximate surface area is 123 Å². The molecule has 110 valence electrons. The normalized spacial score (nSPS) is 30.2. The summed E-state index contributed by atoms with van der Waals surface area (Å²) < 4.78 is 0. The van der Waals surface area contributed by atoms with Crippen molar-refractivity contribution in [3.05, 3.63) is 10.6 Å². The second-order valence-corrected chi connectivity index (χ2v) is 6.95. The number of fused-ring (bicyclic) bond motifs is 2. The van der Waals surface area contributed by atoms with Gasteiger partial charge in [0.2, 0.25) is 0 Å². The molecule has 2 aliphatic heterocycles. The highest BCUT2D eigenvalue weighted by atomic mass is 32.1. The molecule has 1 aromatic rings. The molecule has 0 aliphatic carbocycles. The number of aromatic nitrogens is 1. The highest BCUT2D eigenvalue weighted by Crippen LogP contribution is 2.34. The molecule has 2 fully saturated rings. The summed E-state index contributed by atoms with van der Waals surface area (Å²) in [6.07, 6.45) is 6.17. The van der Waals surface area contributed by atoms with E-state index in [4.69, 9.17) is 5.11 Å². The summed E-state index contributed by atoms with van der Waals surface area (Å²) >= 11 is 1.25. The number of hydrogen-bond donors (Lipinski definition) is 2. The van der Waals surface area contributed by atoms with Gasteiger partial charge in [-0.15, -0.1) is 0 Å². The van der Waals surface area contributed by atoms with Crippen molar-refractivity contribution in [1.29, 1.82) is 0 Å². The number of aryl methyl sites for hydroxylation is 1. The van der Waals surface area contributed by atoms with E-state index in [-0.39, 0.29) is 0 Å². The van der Waals surface area contributed by atoms with Crippen LogP contribution in [0.3, 0.4) is 0 Å². The van der Waals surface area contributed by atoms with E-state index in [0.717, 1.165) is 18.0 Å². The van der Waals surface area contributed by atoms with E-state index in [0.29, 0.717) is 28.7 Å². The number of nitrogens with one attached hydrogen (secondary N) is 1. The fourth-order valence-electron chi connectivity index (χ4n) is 3.56. The van der Waals surface area contributed by atoms with Crippen molar-refractivity contribution >= 4 is 22.4 Å². The van der Waals surface area contributed by atoms with Gasteiger partial charge in [-0.05, 0) is 39.7 Å². The minimum atomic E-state index is -0.881. The first-order valence-corrected chi connectivity index (χ1v) is 8.05. The Bertz CT molecular complexity index is 503. The van der Waals surface area contributed by atoms with Gasteiger partial charge in [-0.1, -0.05) is 17.8 Å². The summed E-state index contributed by atoms with van der Waals surface area (Å²) in [5.41, 5.74) is 0.609. The first-order valence-electron chi connectivity index (χ1n) is 7.23. The Morgan fingerprint density at radius 1 is 1.40 bits per heavy atom. The molecule has 0 radical (unpaired) electrons. The maximum Gasteiger partial charge on any atom is 0.347 e. The van der Waals surface area contributed by atoms with Crippen molar-refractivity contribution in [2.75, 3.05) is 12.4 Å². The van der Waals surface area contributed by atoms with Gasteiger partial charge in [-0.3, -0.25) is 0 Å². The second kappa shape index (κ2) is 5.33. The van der Waals surface area contributed by atoms with Gasteiger partial charge < -0.3 is 15.3 Å². The van der Waals surface area contributed by atoms with Gasteiger partial charge in [-0.2, -0.15) is 0 Å². The lowest BCUT2D eigenvalue weighted by atomic mass is 9.82. The zero-order chi connectivity index (χ0) is 14.3. The number of anilines is 1. The van der Waals surface area contributed by atoms with Crippen molar-refractivity contribution in [2.45, 2.75) is 57.2 Å². The smallest absolute Gasteiger partial charge is 0.347 e. The molecule has 2 unspecified atom stereocenters. The van der Waals surface area contributed by atoms with Gasteiger partial charge in [0.05, 0.1) is 5.69 Å². The molecule has 0 amide bonds. The van der Waals surface area contributed by atoms with Crippen LogP contribution in [0.2, 0.25) is 0 Å². The number of thiazole rings is 1. The molecule has 0 spiro atoms. The first kappa shape index (κ1) is 13.8. The van der Waals surface area contributed by atoms with Gasteiger partial charge in [0.25, 0.3) is 0 Å². The summed E-state index contributed by atoms with van der Waals surface area (Å²) in [4.78, 5) is 18.3. The molecule has 2 bridgehead atoms. The van der Waals surface area contributed by atoms with Crippen LogP contribution in [0.1, 0.15) is 47.5 Å². The molecule has 20 heavy (non-hydrogen) atoms. The Morgan fingerprint density at radius 2 is 2.05 bits per heavy atom. The predicted octanol–water partition coefficient (Wildman–Crippen LogP) is 2.58. The lowest BCUT2D eigenvalue weighted by molar-refractivity contribution is 0.0608. The molecule has 2 aliphatic rings. The maximum atomic E-state index is 11.1. The van der Waals surface area contributed by atoms with E-state index >= 15 is 0 Å². The second-order valence-electron chi connectivity index (χ2n) is 5.96. The fraction of sp³-hybridized carbons (Fsp3) is 0.714. The molecule has 6 heteroatoms. The van der Waals surface area contributed by atoms with Gasteiger partial charge in [0, 0.05) is 18.1 Å². The van der Waals surface area contributed by atoms with E-state index in [1.165, 1.54) is 30.6 Å². The summed E-state index contributed by atoms with van der Waals surface area (Å²) in [5, 5.41) is 13.3. The molecule has 2 N–H and O–H groups in total. The van der Waals surface area contributed by atoms with Crippen LogP contribution in [-0.2, 0) is 0 Å². The van der Waals surface area contributed by atoms with E-state index in [9.17, 15) is 4.79 Å². The standard InChI is InChI=1S/C14H21N3O2S/c1-8-12(13(18)19)20-14(15-8)16-9-6-10-4-3-5-11(7-9)17(10)2/h9-11H,3-7H2,1-2H3,(H,15,16)(H,18,19). The van der Waals surface area contributed by atoms with Crippen molar-refractivity contribution < 1.29 is 9.90 Å². The average Bonchev–Trinajstić information content (AvgIpc) is 2.72. The molecule has 1 aromatic heterocycles. The number of rotatable bonds is 3. The van der Waals surface area contributed by atoms with E-state index in [2.05, 4.69) is 22.2 Å². The van der Waals surface area contributed by atoms with Crippen LogP contribution in [-0.4, -0.2) is 46.1 Å². The molecule has 3 rings (SSSR count). The molecule has 2 atom stereocenters. The third-order valence-corrected chi connectivity index (χ3v) is 5.73. The molecular weight excluding hydrogens is 274 g/mol. The summed E-state index contributed by atoms with van der Waals surface area (Å²) in [6.45, 7) is 1.76. The van der Waals surface area contributed by atoms with E-state index in [1.54, 1.807) is 6.92 Å². The molecule has 0 aromatic carbocycles. The summed E-state index contributed by atoms with van der Waals surface area (Å²) in [5.74, 6) is -0.881. The maximum absolute atomic E-state index is 11.1. The largest absolute Gasteiger partial charge is 0.477 e. The van der Waals surface area contributed by atoms with Crippen LogP contribution in [0.4, 0.5) is 5.13 Å². The number of carbonyl (C=O) groups is 1. The van der Waals surface area contributed by atoms with Crippen molar-refractivity contribution in [2.24, 2.45) is 0 Å². The zero-order valence-electron chi connectivity index (χ0n) is 11.9. The summed E-state index contributed by atoms with van der Waals surface area (Å²) in [7, 11) is 2.24. The summed E-state index contributed by atoms with van der Waals surface area (Å²) in [6, 6.07) is 1.76. The highest BCUT2D eigenvalue weighted by molar-refractivity contribution is 7.17. The minimum absolute atomic E-state index is 0.348. The molecule has 5 nitrogen and oxygen atoms in total. The number of carboxylic acids is 1. The lowest BCUT2D eigenvalue weighted by Crippen LogP contribution is -2.52. The van der Waals surface area contributed by atoms with Crippen molar-refractivity contribution in [3.8, 4) is 0 Å². The van der Waals surface area contributed by atoms with Crippen LogP contribution >= 0.6 is 11.3 Å². The Hall–Kier alpha value is -1.14. The third-order valence-electron chi connectivity index (χ3n) is 4.66. The zero-order valence-corrected chi connectivity index (χ0v) is 12.7. The molecular formula is C14H21N3O2S. The Balaban J connectivity index is 1.69. The highest BCUT2D eigenvalue weighted by Gasteiger charge is 2.36. The average molecular weight is 295 g/mol. The van der Waals surface area contributed by atoms with Gasteiger partial charge in [-0.25, -0.2) is 9.78 Å². The fourth-order valence-corrected chi connectivity index (χ4v) is 4.45. The molecule has 0 saturated carbocycles. The van der Waals surface area contributed by atoms with Crippen molar-refractivity contribution in [3.63, 3.8) is 0 Å². The van der Waals surface area contributed by atoms with Gasteiger partial charge >= 0.3 is 5.97 Å². The Kier molecular flexibility index (Phi) is 3.69. The topological polar surface area (TPSA) is 65.5 Å². The minimum Gasteiger partial charge on any atom is -0.477 e. The van der Waals surface area contributed by atoms with Crippen LogP contribution in [0.15, 0.2) is 0 Å². The van der Waals surface area contributed by atoms with Gasteiger partial charge in [0.15, 0.2) is 5.13 Å². The number of piperidine rings is 2. The Morgan fingerprint density at radius 3 is 2.60 bits per heavy atom. The van der Waals surface area contributed by atoms with Gasteiger partial charge in [0.1, 0.15) is 4.88 Å². The van der Waals surface area contributed by atoms with E-state index < -0.39 is 5.97 Å². The number of carboxylic acid groups (broad SMARTS) is 1. The van der Waals surface area contributed by atoms with Crippen LogP contribution in [0.25, 0.3) is 0 Å². The SMILES string of the molecule is Cc1nc(NC2CC3CCCC(C2)N3C)sc1C(=O)O. The monoisotopic (exact) mass is 295 g/mol. The number of hydrogen-bond acceptors (Lipinski definition) is 5. The van der Waals surface area contributed by atoms with Crippen LogP contribution in [0, 0.1) is 6.92 Å². The third kappa shape index (κ3) is 2.54.